The van der Waals surface area contributed by atoms with Gasteiger partial charge in [-0.1, -0.05) is 0 Å². The lowest BCUT2D eigenvalue weighted by Crippen LogP contribution is -2.15. The van der Waals surface area contributed by atoms with Crippen LogP contribution in [-0.2, 0) is 0 Å². The van der Waals surface area contributed by atoms with Crippen LogP contribution in [0.3, 0.4) is 0 Å². The molecule has 1 aromatic carbocycles. The minimum Gasteiger partial charge on any atom is -0.489 e. The maximum absolute atomic E-state index is 13.5. The molecule has 2 aromatic heterocycles. The van der Waals surface area contributed by atoms with Crippen LogP contribution in [0.4, 0.5) is 10.1 Å². The molecule has 24 heavy (non-hydrogen) atoms. The normalized spacial score (nSPS) is 11.0. The van der Waals surface area contributed by atoms with E-state index in [0.29, 0.717) is 17.0 Å². The van der Waals surface area contributed by atoms with Crippen molar-refractivity contribution >= 4 is 17.2 Å². The van der Waals surface area contributed by atoms with Gasteiger partial charge in [-0.05, 0) is 39.0 Å². The number of aromatic nitrogens is 3. The zero-order valence-electron chi connectivity index (χ0n) is 13.6. The van der Waals surface area contributed by atoms with Crippen molar-refractivity contribution < 1.29 is 13.9 Å². The molecule has 3 aromatic rings. The van der Waals surface area contributed by atoms with E-state index in [-0.39, 0.29) is 11.8 Å². The summed E-state index contributed by atoms with van der Waals surface area (Å²) < 4.78 is 20.7. The third-order valence-electron chi connectivity index (χ3n) is 3.31. The topological polar surface area (TPSA) is 68.5 Å². The van der Waals surface area contributed by atoms with E-state index in [1.807, 2.05) is 20.8 Å². The SMILES string of the molecule is Cc1ccn2ncc(C(=O)Nc3cc(F)ccc3OC(C)C)c2n1. The standard InChI is InChI=1S/C17H17FN4O2/c1-10(2)24-15-5-4-12(18)8-14(15)21-17(23)13-9-19-22-7-6-11(3)20-16(13)22/h4-10H,1-3H3,(H,21,23). The average Bonchev–Trinajstić information content (AvgIpc) is 2.92. The first kappa shape index (κ1) is 15.9. The monoisotopic (exact) mass is 328 g/mol. The van der Waals surface area contributed by atoms with Crippen LogP contribution in [0.5, 0.6) is 5.75 Å². The number of anilines is 1. The maximum atomic E-state index is 13.5. The summed E-state index contributed by atoms with van der Waals surface area (Å²) in [5, 5.41) is 6.77. The van der Waals surface area contributed by atoms with E-state index in [4.69, 9.17) is 4.74 Å². The van der Waals surface area contributed by atoms with Gasteiger partial charge in [0.05, 0.1) is 18.0 Å². The van der Waals surface area contributed by atoms with Crippen molar-refractivity contribution in [2.24, 2.45) is 0 Å². The van der Waals surface area contributed by atoms with E-state index in [1.165, 1.54) is 28.9 Å². The van der Waals surface area contributed by atoms with Gasteiger partial charge >= 0.3 is 0 Å². The molecule has 124 valence electrons. The Morgan fingerprint density at radius 3 is 2.88 bits per heavy atom. The second kappa shape index (κ2) is 6.27. The quantitative estimate of drug-likeness (QED) is 0.798. The molecule has 3 rings (SSSR count). The fourth-order valence-corrected chi connectivity index (χ4v) is 2.27. The number of hydrogen-bond acceptors (Lipinski definition) is 4. The lowest BCUT2D eigenvalue weighted by Gasteiger charge is -2.14. The van der Waals surface area contributed by atoms with Crippen LogP contribution >= 0.6 is 0 Å². The van der Waals surface area contributed by atoms with E-state index in [1.54, 1.807) is 12.3 Å². The molecule has 0 aliphatic heterocycles. The number of ether oxygens (including phenoxy) is 1. The third kappa shape index (κ3) is 3.19. The number of aryl methyl sites for hydroxylation is 1. The van der Waals surface area contributed by atoms with Crippen molar-refractivity contribution in [3.8, 4) is 5.75 Å². The molecule has 0 atom stereocenters. The number of carbonyl (C=O) groups excluding carboxylic acids is 1. The fourth-order valence-electron chi connectivity index (χ4n) is 2.27. The number of carbonyl (C=O) groups is 1. The van der Waals surface area contributed by atoms with Gasteiger partial charge < -0.3 is 10.1 Å². The van der Waals surface area contributed by atoms with Crippen LogP contribution in [0.25, 0.3) is 5.65 Å². The van der Waals surface area contributed by atoms with Crippen LogP contribution in [0, 0.1) is 12.7 Å². The van der Waals surface area contributed by atoms with E-state index < -0.39 is 11.7 Å². The number of amides is 1. The number of rotatable bonds is 4. The Hall–Kier alpha value is -2.96. The van der Waals surface area contributed by atoms with Gasteiger partial charge in [-0.3, -0.25) is 4.79 Å². The molecular formula is C17H17FN4O2. The van der Waals surface area contributed by atoms with Gasteiger partial charge in [0.2, 0.25) is 0 Å². The van der Waals surface area contributed by atoms with Crippen LogP contribution in [0.2, 0.25) is 0 Å². The summed E-state index contributed by atoms with van der Waals surface area (Å²) >= 11 is 0. The molecule has 0 saturated heterocycles. The zero-order valence-corrected chi connectivity index (χ0v) is 13.6. The minimum atomic E-state index is -0.463. The van der Waals surface area contributed by atoms with Crippen molar-refractivity contribution in [2.75, 3.05) is 5.32 Å². The molecule has 0 fully saturated rings. The van der Waals surface area contributed by atoms with E-state index >= 15 is 0 Å². The lowest BCUT2D eigenvalue weighted by atomic mass is 10.2. The number of nitrogens with one attached hydrogen (secondary N) is 1. The van der Waals surface area contributed by atoms with Gasteiger partial charge in [0.1, 0.15) is 17.1 Å². The highest BCUT2D eigenvalue weighted by Crippen LogP contribution is 2.27. The number of hydrogen-bond donors (Lipinski definition) is 1. The molecule has 0 spiro atoms. The molecule has 1 amide bonds. The Bertz CT molecular complexity index is 905. The van der Waals surface area contributed by atoms with Crippen molar-refractivity contribution in [3.63, 3.8) is 0 Å². The third-order valence-corrected chi connectivity index (χ3v) is 3.31. The molecule has 7 heteroatoms. The van der Waals surface area contributed by atoms with E-state index in [9.17, 15) is 9.18 Å². The Kier molecular flexibility index (Phi) is 4.16. The summed E-state index contributed by atoms with van der Waals surface area (Å²) in [4.78, 5) is 16.9. The highest BCUT2D eigenvalue weighted by atomic mass is 19.1. The van der Waals surface area contributed by atoms with Crippen molar-refractivity contribution in [1.29, 1.82) is 0 Å². The number of benzene rings is 1. The molecule has 0 bridgehead atoms. The summed E-state index contributed by atoms with van der Waals surface area (Å²) in [7, 11) is 0. The largest absolute Gasteiger partial charge is 0.489 e. The maximum Gasteiger partial charge on any atom is 0.261 e. The molecule has 0 aliphatic rings. The molecule has 0 radical (unpaired) electrons. The number of nitrogens with zero attached hydrogens (tertiary/aromatic N) is 3. The second-order valence-electron chi connectivity index (χ2n) is 5.66. The van der Waals surface area contributed by atoms with Gasteiger partial charge in [-0.25, -0.2) is 13.9 Å². The Labute approximate surface area is 138 Å². The number of halogens is 1. The smallest absolute Gasteiger partial charge is 0.261 e. The number of fused-ring (bicyclic) bond motifs is 1. The Morgan fingerprint density at radius 1 is 1.33 bits per heavy atom. The zero-order chi connectivity index (χ0) is 17.3. The predicted molar refractivity (Wildman–Crippen MR) is 87.8 cm³/mol. The predicted octanol–water partition coefficient (Wildman–Crippen LogP) is 3.22. The summed E-state index contributed by atoms with van der Waals surface area (Å²) in [6.07, 6.45) is 3.05. The molecule has 0 unspecified atom stereocenters. The second-order valence-corrected chi connectivity index (χ2v) is 5.66. The summed E-state index contributed by atoms with van der Waals surface area (Å²) in [6.45, 7) is 5.54. The van der Waals surface area contributed by atoms with Crippen LogP contribution in [0.1, 0.15) is 29.9 Å². The Balaban J connectivity index is 1.94. The molecule has 0 aliphatic carbocycles. The van der Waals surface area contributed by atoms with Gasteiger partial charge in [-0.2, -0.15) is 5.10 Å². The van der Waals surface area contributed by atoms with Crippen LogP contribution in [0.15, 0.2) is 36.7 Å². The molecular weight excluding hydrogens is 311 g/mol. The van der Waals surface area contributed by atoms with Crippen LogP contribution in [-0.4, -0.2) is 26.6 Å². The van der Waals surface area contributed by atoms with Crippen molar-refractivity contribution in [1.82, 2.24) is 14.6 Å². The molecule has 0 saturated carbocycles. The highest BCUT2D eigenvalue weighted by Gasteiger charge is 2.17. The Morgan fingerprint density at radius 2 is 2.12 bits per heavy atom. The highest BCUT2D eigenvalue weighted by molar-refractivity contribution is 6.08. The van der Waals surface area contributed by atoms with E-state index in [2.05, 4.69) is 15.4 Å². The minimum absolute atomic E-state index is 0.104. The first-order valence-electron chi connectivity index (χ1n) is 7.52. The van der Waals surface area contributed by atoms with Crippen molar-refractivity contribution in [3.05, 3.63) is 53.7 Å². The molecule has 2 heterocycles. The summed E-state index contributed by atoms with van der Waals surface area (Å²) in [5.74, 6) is -0.488. The average molecular weight is 328 g/mol. The lowest BCUT2D eigenvalue weighted by molar-refractivity contribution is 0.102. The van der Waals surface area contributed by atoms with Gasteiger partial charge in [0.25, 0.3) is 5.91 Å². The van der Waals surface area contributed by atoms with Gasteiger partial charge in [0.15, 0.2) is 5.65 Å². The van der Waals surface area contributed by atoms with Crippen molar-refractivity contribution in [2.45, 2.75) is 26.9 Å². The summed E-state index contributed by atoms with van der Waals surface area (Å²) in [6, 6.07) is 5.79. The van der Waals surface area contributed by atoms with E-state index in [0.717, 1.165) is 5.69 Å². The first-order chi connectivity index (χ1) is 11.4. The molecule has 6 nitrogen and oxygen atoms in total. The summed E-state index contributed by atoms with van der Waals surface area (Å²) in [5.41, 5.74) is 1.78. The van der Waals surface area contributed by atoms with Gasteiger partial charge in [0, 0.05) is 18.0 Å². The van der Waals surface area contributed by atoms with Gasteiger partial charge in [-0.15, -0.1) is 0 Å². The molecule has 1 N–H and O–H groups in total. The first-order valence-corrected chi connectivity index (χ1v) is 7.52. The fraction of sp³-hybridized carbons (Fsp3) is 0.235. The van der Waals surface area contributed by atoms with Crippen LogP contribution < -0.4 is 10.1 Å².